The van der Waals surface area contributed by atoms with Gasteiger partial charge in [0, 0.05) is 17.5 Å². The quantitative estimate of drug-likeness (QED) is 0.238. The lowest BCUT2D eigenvalue weighted by Gasteiger charge is -2.07. The molecule has 0 aromatic heterocycles. The molecule has 0 spiro atoms. The van der Waals surface area contributed by atoms with Gasteiger partial charge in [-0.1, -0.05) is 5.22 Å². The number of hydrogen-bond donors (Lipinski definition) is 2. The van der Waals surface area contributed by atoms with Gasteiger partial charge in [-0.3, -0.25) is 9.59 Å². The summed E-state index contributed by atoms with van der Waals surface area (Å²) in [5, 5.41) is 15.4. The Labute approximate surface area is 145 Å². The van der Waals surface area contributed by atoms with Gasteiger partial charge in [0.1, 0.15) is 5.75 Å². The van der Waals surface area contributed by atoms with Gasteiger partial charge >= 0.3 is 5.97 Å². The Balaban J connectivity index is 1.90. The number of rotatable bonds is 9. The largest absolute Gasteiger partial charge is 0.494 e. The average Bonchev–Trinajstić information content (AvgIpc) is 2.62. The van der Waals surface area contributed by atoms with E-state index in [0.717, 1.165) is 0 Å². The maximum Gasteiger partial charge on any atom is 0.303 e. The highest BCUT2D eigenvalue weighted by molar-refractivity contribution is 6.09. The summed E-state index contributed by atoms with van der Waals surface area (Å²) in [4.78, 5) is 22.8. The van der Waals surface area contributed by atoms with Crippen molar-refractivity contribution in [1.29, 1.82) is 0 Å². The number of ketones is 1. The minimum absolute atomic E-state index is 0.107. The fourth-order valence-electron chi connectivity index (χ4n) is 2.18. The highest BCUT2D eigenvalue weighted by Crippen LogP contribution is 2.18. The predicted molar refractivity (Wildman–Crippen MR) is 92.0 cm³/mol. The van der Waals surface area contributed by atoms with Crippen LogP contribution in [0, 0.1) is 0 Å². The molecule has 0 fully saturated rings. The molecule has 7 heteroatoms. The maximum atomic E-state index is 12.4. The fourth-order valence-corrected chi connectivity index (χ4v) is 2.18. The molecule has 0 bridgehead atoms. The molecule has 2 rings (SSSR count). The van der Waals surface area contributed by atoms with E-state index in [1.807, 2.05) is 0 Å². The lowest BCUT2D eigenvalue weighted by molar-refractivity contribution is -0.137. The molecule has 25 heavy (non-hydrogen) atoms. The fraction of sp³-hybridized carbons (Fsp3) is 0.222. The molecule has 0 saturated carbocycles. The van der Waals surface area contributed by atoms with Crippen molar-refractivity contribution < 1.29 is 19.4 Å². The minimum Gasteiger partial charge on any atom is -0.494 e. The van der Waals surface area contributed by atoms with Crippen LogP contribution >= 0.6 is 0 Å². The third-order valence-corrected chi connectivity index (χ3v) is 3.47. The summed E-state index contributed by atoms with van der Waals surface area (Å²) < 4.78 is 5.53. The van der Waals surface area contributed by atoms with Crippen molar-refractivity contribution in [2.45, 2.75) is 19.3 Å². The van der Waals surface area contributed by atoms with E-state index in [1.165, 1.54) is 0 Å². The molecule has 0 aliphatic rings. The number of nitrogens with zero attached hydrogens (tertiary/aromatic N) is 2. The van der Waals surface area contributed by atoms with Gasteiger partial charge in [0.25, 0.3) is 0 Å². The third kappa shape index (κ3) is 5.72. The highest BCUT2D eigenvalue weighted by Gasteiger charge is 2.09. The first kappa shape index (κ1) is 18.1. The number of nitrogens with two attached hydrogens (primary N) is 1. The van der Waals surface area contributed by atoms with Gasteiger partial charge in [0.15, 0.2) is 5.78 Å². The Morgan fingerprint density at radius 1 is 0.960 bits per heavy atom. The zero-order valence-corrected chi connectivity index (χ0v) is 13.6. The van der Waals surface area contributed by atoms with E-state index in [-0.39, 0.29) is 12.2 Å². The van der Waals surface area contributed by atoms with Crippen molar-refractivity contribution >= 4 is 17.4 Å². The molecule has 0 aliphatic carbocycles. The zero-order chi connectivity index (χ0) is 18.1. The third-order valence-electron chi connectivity index (χ3n) is 3.47. The molecular formula is C18H19N3O4. The van der Waals surface area contributed by atoms with E-state index >= 15 is 0 Å². The van der Waals surface area contributed by atoms with E-state index in [4.69, 9.17) is 15.7 Å². The van der Waals surface area contributed by atoms with E-state index in [1.54, 1.807) is 48.5 Å². The van der Waals surface area contributed by atoms with Crippen molar-refractivity contribution in [2.24, 2.45) is 16.2 Å². The Morgan fingerprint density at radius 2 is 1.56 bits per heavy atom. The van der Waals surface area contributed by atoms with Crippen LogP contribution in [0.5, 0.6) is 5.75 Å². The van der Waals surface area contributed by atoms with Crippen LogP contribution in [0.2, 0.25) is 0 Å². The van der Waals surface area contributed by atoms with Crippen LogP contribution in [-0.4, -0.2) is 23.5 Å². The van der Waals surface area contributed by atoms with Crippen molar-refractivity contribution in [2.75, 3.05) is 6.61 Å². The van der Waals surface area contributed by atoms with Gasteiger partial charge in [-0.2, -0.15) is 0 Å². The molecule has 2 aromatic carbocycles. The summed E-state index contributed by atoms with van der Waals surface area (Å²) in [6.07, 6.45) is 1.38. The first-order valence-corrected chi connectivity index (χ1v) is 7.80. The van der Waals surface area contributed by atoms with Gasteiger partial charge in [-0.05, 0) is 61.4 Å². The monoisotopic (exact) mass is 341 g/mol. The molecule has 0 saturated heterocycles. The Kier molecular flexibility index (Phi) is 6.65. The molecule has 130 valence electrons. The van der Waals surface area contributed by atoms with E-state index in [2.05, 4.69) is 10.3 Å². The number of hydrogen-bond acceptors (Lipinski definition) is 5. The molecule has 0 amide bonds. The van der Waals surface area contributed by atoms with Crippen LogP contribution in [0.3, 0.4) is 0 Å². The molecule has 0 unspecified atom stereocenters. The number of aliphatic carboxylic acids is 1. The summed E-state index contributed by atoms with van der Waals surface area (Å²) in [5.41, 5.74) is 1.66. The summed E-state index contributed by atoms with van der Waals surface area (Å²) in [6, 6.07) is 13.5. The Hall–Kier alpha value is -3.22. The number of carboxylic acids is 1. The Bertz CT molecular complexity index is 740. The maximum absolute atomic E-state index is 12.4. The number of unbranched alkanes of at least 4 members (excludes halogenated alkanes) is 1. The minimum atomic E-state index is -0.804. The standard InChI is InChI=1S/C18H19N3O4/c19-21-20-15-8-4-13(5-9-15)18(24)14-6-10-16(11-7-14)25-12-2-1-3-17(22)23/h4-11H,1-3,12H2,(H2,19,20)(H,22,23). The lowest BCUT2D eigenvalue weighted by atomic mass is 10.0. The number of carboxylic acid groups (broad SMARTS) is 1. The van der Waals surface area contributed by atoms with Crippen LogP contribution in [0.15, 0.2) is 58.9 Å². The second-order valence-corrected chi connectivity index (χ2v) is 5.32. The number of ether oxygens (including phenoxy) is 1. The van der Waals surface area contributed by atoms with Crippen molar-refractivity contribution in [1.82, 2.24) is 0 Å². The van der Waals surface area contributed by atoms with Crippen LogP contribution in [0.1, 0.15) is 35.2 Å². The van der Waals surface area contributed by atoms with Gasteiger partial charge in [-0.25, -0.2) is 0 Å². The van der Waals surface area contributed by atoms with Gasteiger partial charge < -0.3 is 15.7 Å². The van der Waals surface area contributed by atoms with Gasteiger partial charge in [0.2, 0.25) is 0 Å². The van der Waals surface area contributed by atoms with E-state index < -0.39 is 5.97 Å². The topological polar surface area (TPSA) is 114 Å². The first-order valence-electron chi connectivity index (χ1n) is 7.80. The molecule has 7 nitrogen and oxygen atoms in total. The summed E-state index contributed by atoms with van der Waals surface area (Å²) >= 11 is 0. The first-order chi connectivity index (χ1) is 12.1. The second-order valence-electron chi connectivity index (χ2n) is 5.32. The van der Waals surface area contributed by atoms with Gasteiger partial charge in [-0.15, -0.1) is 5.11 Å². The van der Waals surface area contributed by atoms with Crippen molar-refractivity contribution in [3.05, 3.63) is 59.7 Å². The van der Waals surface area contributed by atoms with Gasteiger partial charge in [0.05, 0.1) is 12.3 Å². The van der Waals surface area contributed by atoms with Crippen molar-refractivity contribution in [3.8, 4) is 5.75 Å². The molecule has 0 heterocycles. The predicted octanol–water partition coefficient (Wildman–Crippen LogP) is 3.51. The summed E-state index contributed by atoms with van der Waals surface area (Å²) in [5.74, 6) is 4.71. The number of carbonyl (C=O) groups is 2. The summed E-state index contributed by atoms with van der Waals surface area (Å²) in [7, 11) is 0. The molecule has 2 aromatic rings. The summed E-state index contributed by atoms with van der Waals surface area (Å²) in [6.45, 7) is 0.442. The Morgan fingerprint density at radius 3 is 2.12 bits per heavy atom. The zero-order valence-electron chi connectivity index (χ0n) is 13.6. The highest BCUT2D eigenvalue weighted by atomic mass is 16.5. The lowest BCUT2D eigenvalue weighted by Crippen LogP contribution is -2.02. The SMILES string of the molecule is NN=Nc1ccc(C(=O)c2ccc(OCCCCC(=O)O)cc2)cc1. The molecule has 3 N–H and O–H groups in total. The molecule has 0 atom stereocenters. The van der Waals surface area contributed by atoms with Crippen LogP contribution in [0.4, 0.5) is 5.69 Å². The average molecular weight is 341 g/mol. The molecular weight excluding hydrogens is 322 g/mol. The number of carbonyl (C=O) groups excluding carboxylic acids is 1. The molecule has 0 aliphatic heterocycles. The van der Waals surface area contributed by atoms with Crippen LogP contribution in [0.25, 0.3) is 0 Å². The van der Waals surface area contributed by atoms with Crippen LogP contribution in [-0.2, 0) is 4.79 Å². The molecule has 0 radical (unpaired) electrons. The number of benzene rings is 2. The van der Waals surface area contributed by atoms with Crippen LogP contribution < -0.4 is 10.6 Å². The second kappa shape index (κ2) is 9.17. The smallest absolute Gasteiger partial charge is 0.303 e. The van der Waals surface area contributed by atoms with E-state index in [0.29, 0.717) is 42.0 Å². The van der Waals surface area contributed by atoms with E-state index in [9.17, 15) is 9.59 Å². The normalized spacial score (nSPS) is 10.7. The van der Waals surface area contributed by atoms with Crippen molar-refractivity contribution in [3.63, 3.8) is 0 Å².